The second-order valence-corrected chi connectivity index (χ2v) is 6.51. The quantitative estimate of drug-likeness (QED) is 0.764. The van der Waals surface area contributed by atoms with Crippen LogP contribution in [0.1, 0.15) is 58.3 Å². The Bertz CT molecular complexity index is 280. The van der Waals surface area contributed by atoms with Gasteiger partial charge < -0.3 is 10.4 Å². The van der Waals surface area contributed by atoms with Crippen molar-refractivity contribution in [1.29, 1.82) is 0 Å². The van der Waals surface area contributed by atoms with Gasteiger partial charge in [0.05, 0.1) is 6.61 Å². The molecule has 2 aliphatic carbocycles. The van der Waals surface area contributed by atoms with Crippen molar-refractivity contribution in [2.75, 3.05) is 13.2 Å². The SMILES string of the molecule is CC(CC(=O)NCC1(CO)CC1)C1CCCCC1. The minimum Gasteiger partial charge on any atom is -0.396 e. The molecule has 1 unspecified atom stereocenters. The highest BCUT2D eigenvalue weighted by Crippen LogP contribution is 2.44. The van der Waals surface area contributed by atoms with Crippen LogP contribution in [0.2, 0.25) is 0 Å². The fourth-order valence-corrected chi connectivity index (χ4v) is 3.09. The lowest BCUT2D eigenvalue weighted by Crippen LogP contribution is -2.33. The van der Waals surface area contributed by atoms with Crippen LogP contribution in [0.5, 0.6) is 0 Å². The largest absolute Gasteiger partial charge is 0.396 e. The molecule has 2 N–H and O–H groups in total. The van der Waals surface area contributed by atoms with Crippen LogP contribution in [-0.2, 0) is 4.79 Å². The van der Waals surface area contributed by atoms with Crippen molar-refractivity contribution in [2.45, 2.75) is 58.3 Å². The predicted molar refractivity (Wildman–Crippen MR) is 72.1 cm³/mol. The van der Waals surface area contributed by atoms with Gasteiger partial charge in [0.2, 0.25) is 5.91 Å². The lowest BCUT2D eigenvalue weighted by molar-refractivity contribution is -0.122. The average molecular weight is 253 g/mol. The van der Waals surface area contributed by atoms with E-state index in [4.69, 9.17) is 0 Å². The summed E-state index contributed by atoms with van der Waals surface area (Å²) in [6.45, 7) is 3.10. The van der Waals surface area contributed by atoms with Crippen molar-refractivity contribution < 1.29 is 9.90 Å². The van der Waals surface area contributed by atoms with Gasteiger partial charge in [-0.2, -0.15) is 0 Å². The molecule has 2 aliphatic rings. The van der Waals surface area contributed by atoms with Crippen LogP contribution in [0.15, 0.2) is 0 Å². The molecular weight excluding hydrogens is 226 g/mol. The molecule has 0 aromatic rings. The van der Waals surface area contributed by atoms with Gasteiger partial charge in [-0.3, -0.25) is 4.79 Å². The zero-order valence-electron chi connectivity index (χ0n) is 11.6. The van der Waals surface area contributed by atoms with E-state index in [1.54, 1.807) is 0 Å². The summed E-state index contributed by atoms with van der Waals surface area (Å²) < 4.78 is 0. The lowest BCUT2D eigenvalue weighted by atomic mass is 9.79. The first-order chi connectivity index (χ1) is 8.65. The van der Waals surface area contributed by atoms with E-state index in [0.29, 0.717) is 18.9 Å². The van der Waals surface area contributed by atoms with Crippen LogP contribution in [0.25, 0.3) is 0 Å². The summed E-state index contributed by atoms with van der Waals surface area (Å²) in [4.78, 5) is 11.9. The molecule has 2 rings (SSSR count). The maximum absolute atomic E-state index is 11.9. The molecule has 18 heavy (non-hydrogen) atoms. The molecule has 0 aromatic heterocycles. The van der Waals surface area contributed by atoms with E-state index < -0.39 is 0 Å². The number of rotatable bonds is 6. The van der Waals surface area contributed by atoms with Crippen molar-refractivity contribution in [3.63, 3.8) is 0 Å². The third-order valence-corrected chi connectivity index (χ3v) is 4.92. The van der Waals surface area contributed by atoms with Crippen LogP contribution in [0, 0.1) is 17.3 Å². The molecule has 0 aliphatic heterocycles. The average Bonchev–Trinajstić information content (AvgIpc) is 3.18. The summed E-state index contributed by atoms with van der Waals surface area (Å²) in [5.74, 6) is 1.43. The van der Waals surface area contributed by atoms with E-state index >= 15 is 0 Å². The minimum atomic E-state index is 0.0315. The van der Waals surface area contributed by atoms with Crippen molar-refractivity contribution in [1.82, 2.24) is 5.32 Å². The van der Waals surface area contributed by atoms with Gasteiger partial charge in [-0.1, -0.05) is 39.0 Å². The van der Waals surface area contributed by atoms with E-state index in [-0.39, 0.29) is 17.9 Å². The summed E-state index contributed by atoms with van der Waals surface area (Å²) in [7, 11) is 0. The fraction of sp³-hybridized carbons (Fsp3) is 0.933. The van der Waals surface area contributed by atoms with Crippen molar-refractivity contribution in [3.8, 4) is 0 Å². The molecule has 104 valence electrons. The third-order valence-electron chi connectivity index (χ3n) is 4.92. The van der Waals surface area contributed by atoms with Crippen LogP contribution < -0.4 is 5.32 Å². The Morgan fingerprint density at radius 3 is 2.56 bits per heavy atom. The van der Waals surface area contributed by atoms with E-state index in [2.05, 4.69) is 12.2 Å². The van der Waals surface area contributed by atoms with Crippen LogP contribution >= 0.6 is 0 Å². The number of aliphatic hydroxyl groups excluding tert-OH is 1. The molecule has 1 atom stereocenters. The Balaban J connectivity index is 1.66. The number of carbonyl (C=O) groups excluding carboxylic acids is 1. The Labute approximate surface area is 110 Å². The highest BCUT2D eigenvalue weighted by atomic mass is 16.3. The smallest absolute Gasteiger partial charge is 0.220 e. The van der Waals surface area contributed by atoms with Gasteiger partial charge in [0, 0.05) is 18.4 Å². The van der Waals surface area contributed by atoms with Gasteiger partial charge >= 0.3 is 0 Å². The first kappa shape index (κ1) is 13.9. The Morgan fingerprint density at radius 1 is 1.33 bits per heavy atom. The monoisotopic (exact) mass is 253 g/mol. The second kappa shape index (κ2) is 6.05. The molecule has 1 amide bonds. The molecule has 0 spiro atoms. The van der Waals surface area contributed by atoms with Gasteiger partial charge in [0.25, 0.3) is 0 Å². The topological polar surface area (TPSA) is 49.3 Å². The van der Waals surface area contributed by atoms with Gasteiger partial charge in [0.1, 0.15) is 0 Å². The van der Waals surface area contributed by atoms with E-state index in [1.165, 1.54) is 32.1 Å². The zero-order chi connectivity index (χ0) is 13.0. The maximum Gasteiger partial charge on any atom is 0.220 e. The number of nitrogens with one attached hydrogen (secondary N) is 1. The predicted octanol–water partition coefficient (Wildman–Crippen LogP) is 2.48. The Kier molecular flexibility index (Phi) is 4.66. The molecular formula is C15H27NO2. The summed E-state index contributed by atoms with van der Waals surface area (Å²) in [5.41, 5.74) is 0.0315. The van der Waals surface area contributed by atoms with Crippen LogP contribution in [0.4, 0.5) is 0 Å². The van der Waals surface area contributed by atoms with E-state index in [9.17, 15) is 9.90 Å². The number of aliphatic hydroxyl groups is 1. The van der Waals surface area contributed by atoms with Gasteiger partial charge in [-0.15, -0.1) is 0 Å². The Hall–Kier alpha value is -0.570. The van der Waals surface area contributed by atoms with E-state index in [1.807, 2.05) is 0 Å². The fourth-order valence-electron chi connectivity index (χ4n) is 3.09. The van der Waals surface area contributed by atoms with Crippen molar-refractivity contribution in [3.05, 3.63) is 0 Å². The summed E-state index contributed by atoms with van der Waals surface area (Å²) in [6, 6.07) is 0. The maximum atomic E-state index is 11.9. The molecule has 0 aromatic carbocycles. The number of amides is 1. The highest BCUT2D eigenvalue weighted by Gasteiger charge is 2.42. The highest BCUT2D eigenvalue weighted by molar-refractivity contribution is 5.76. The molecule has 3 heteroatoms. The molecule has 3 nitrogen and oxygen atoms in total. The van der Waals surface area contributed by atoms with Crippen LogP contribution in [0.3, 0.4) is 0 Å². The second-order valence-electron chi connectivity index (χ2n) is 6.51. The normalized spacial score (nSPS) is 24.6. The first-order valence-electron chi connectivity index (χ1n) is 7.53. The zero-order valence-corrected chi connectivity index (χ0v) is 11.6. The first-order valence-corrected chi connectivity index (χ1v) is 7.53. The molecule has 2 saturated carbocycles. The van der Waals surface area contributed by atoms with Gasteiger partial charge in [-0.25, -0.2) is 0 Å². The standard InChI is InChI=1S/C15H27NO2/c1-12(13-5-3-2-4-6-13)9-14(18)16-10-15(11-17)7-8-15/h12-13,17H,2-11H2,1H3,(H,16,18). The summed E-state index contributed by atoms with van der Waals surface area (Å²) >= 11 is 0. The summed E-state index contributed by atoms with van der Waals surface area (Å²) in [6.07, 6.45) is 9.42. The van der Waals surface area contributed by atoms with Gasteiger partial charge in [-0.05, 0) is 24.7 Å². The molecule has 0 radical (unpaired) electrons. The van der Waals surface area contributed by atoms with Crippen LogP contribution in [-0.4, -0.2) is 24.2 Å². The number of hydrogen-bond donors (Lipinski definition) is 2. The summed E-state index contributed by atoms with van der Waals surface area (Å²) in [5, 5.41) is 12.2. The minimum absolute atomic E-state index is 0.0315. The lowest BCUT2D eigenvalue weighted by Gasteiger charge is -2.27. The molecule has 2 fully saturated rings. The van der Waals surface area contributed by atoms with Crippen molar-refractivity contribution >= 4 is 5.91 Å². The third kappa shape index (κ3) is 3.71. The molecule has 0 saturated heterocycles. The number of carbonyl (C=O) groups is 1. The molecule has 0 heterocycles. The Morgan fingerprint density at radius 2 is 2.00 bits per heavy atom. The number of hydrogen-bond acceptors (Lipinski definition) is 2. The van der Waals surface area contributed by atoms with Crippen molar-refractivity contribution in [2.24, 2.45) is 17.3 Å². The molecule has 0 bridgehead atoms. The van der Waals surface area contributed by atoms with E-state index in [0.717, 1.165) is 18.8 Å². The van der Waals surface area contributed by atoms with Gasteiger partial charge in [0.15, 0.2) is 0 Å².